The zero-order valence-corrected chi connectivity index (χ0v) is 21.7. The van der Waals surface area contributed by atoms with Gasteiger partial charge in [0.1, 0.15) is 6.54 Å². The van der Waals surface area contributed by atoms with E-state index in [-0.39, 0.29) is 42.3 Å². The number of carbonyl (C=O) groups is 2. The summed E-state index contributed by atoms with van der Waals surface area (Å²) >= 11 is 0. The van der Waals surface area contributed by atoms with Gasteiger partial charge in [0.05, 0.1) is 6.54 Å². The Kier molecular flexibility index (Phi) is 11.2. The van der Waals surface area contributed by atoms with Crippen molar-refractivity contribution in [3.05, 3.63) is 35.9 Å². The van der Waals surface area contributed by atoms with E-state index in [1.54, 1.807) is 19.0 Å². The lowest BCUT2D eigenvalue weighted by Gasteiger charge is -2.36. The molecule has 2 amide bonds. The molecule has 2 aliphatic heterocycles. The van der Waals surface area contributed by atoms with Gasteiger partial charge in [-0.05, 0) is 24.8 Å². The van der Waals surface area contributed by atoms with Gasteiger partial charge in [0.2, 0.25) is 11.8 Å². The molecule has 0 aliphatic carbocycles. The van der Waals surface area contributed by atoms with Crippen LogP contribution in [0.1, 0.15) is 18.4 Å². The van der Waals surface area contributed by atoms with Crippen molar-refractivity contribution < 1.29 is 9.59 Å². The summed E-state index contributed by atoms with van der Waals surface area (Å²) in [5.41, 5.74) is 1.27. The molecule has 2 aliphatic rings. The highest BCUT2D eigenvalue weighted by atomic mass is 127. The molecule has 1 aromatic rings. The number of hydrogen-bond donors (Lipinski definition) is 1. The molecule has 0 unspecified atom stereocenters. The van der Waals surface area contributed by atoms with Crippen LogP contribution in [0.2, 0.25) is 0 Å². The highest BCUT2D eigenvalue weighted by molar-refractivity contribution is 14.0. The van der Waals surface area contributed by atoms with Gasteiger partial charge in [-0.15, -0.1) is 24.0 Å². The molecule has 2 heterocycles. The number of piperazine rings is 1. The number of halogens is 1. The van der Waals surface area contributed by atoms with Gasteiger partial charge < -0.3 is 20.0 Å². The van der Waals surface area contributed by atoms with Gasteiger partial charge >= 0.3 is 0 Å². The van der Waals surface area contributed by atoms with Crippen LogP contribution < -0.4 is 5.32 Å². The number of likely N-dealkylation sites (tertiary alicyclic amines) is 1. The molecule has 1 aromatic carbocycles. The van der Waals surface area contributed by atoms with Crippen molar-refractivity contribution in [3.63, 3.8) is 0 Å². The summed E-state index contributed by atoms with van der Waals surface area (Å²) in [6.45, 7) is 6.42. The second-order valence-corrected chi connectivity index (χ2v) is 8.44. The summed E-state index contributed by atoms with van der Waals surface area (Å²) in [7, 11) is 3.49. The van der Waals surface area contributed by atoms with Crippen molar-refractivity contribution in [1.29, 1.82) is 0 Å². The van der Waals surface area contributed by atoms with Crippen molar-refractivity contribution in [2.75, 3.05) is 73.0 Å². The fourth-order valence-corrected chi connectivity index (χ4v) is 3.89. The molecule has 0 spiro atoms. The second kappa shape index (κ2) is 13.6. The van der Waals surface area contributed by atoms with E-state index in [2.05, 4.69) is 32.2 Å². The predicted octanol–water partition coefficient (Wildman–Crippen LogP) is 1.12. The van der Waals surface area contributed by atoms with Crippen LogP contribution in [-0.2, 0) is 16.0 Å². The first kappa shape index (κ1) is 26.4. The Hall–Kier alpha value is -1.88. The molecule has 0 aromatic heterocycles. The quantitative estimate of drug-likeness (QED) is 0.310. The smallest absolute Gasteiger partial charge is 0.243 e. The number of likely N-dealkylation sites (N-methyl/N-ethyl adjacent to an activating group) is 1. The Balaban J connectivity index is 0.00000363. The van der Waals surface area contributed by atoms with Crippen LogP contribution in [-0.4, -0.2) is 110 Å². The first-order valence-electron chi connectivity index (χ1n) is 11.3. The average molecular weight is 556 g/mol. The number of hydrogen-bond acceptors (Lipinski definition) is 4. The van der Waals surface area contributed by atoms with E-state index in [1.165, 1.54) is 5.56 Å². The van der Waals surface area contributed by atoms with Gasteiger partial charge in [-0.1, -0.05) is 30.3 Å². The number of benzene rings is 1. The van der Waals surface area contributed by atoms with Crippen LogP contribution in [0.3, 0.4) is 0 Å². The van der Waals surface area contributed by atoms with E-state index in [0.29, 0.717) is 6.54 Å². The highest BCUT2D eigenvalue weighted by Crippen LogP contribution is 2.09. The van der Waals surface area contributed by atoms with Gasteiger partial charge in [0.15, 0.2) is 5.96 Å². The Labute approximate surface area is 209 Å². The Morgan fingerprint density at radius 1 is 0.969 bits per heavy atom. The Morgan fingerprint density at radius 3 is 2.25 bits per heavy atom. The van der Waals surface area contributed by atoms with Crippen molar-refractivity contribution in [3.8, 4) is 0 Å². The van der Waals surface area contributed by atoms with Crippen molar-refractivity contribution in [2.24, 2.45) is 4.99 Å². The minimum atomic E-state index is -0.0165. The molecule has 178 valence electrons. The molecule has 9 heteroatoms. The first-order chi connectivity index (χ1) is 15.0. The Morgan fingerprint density at radius 2 is 1.62 bits per heavy atom. The zero-order valence-electron chi connectivity index (χ0n) is 19.3. The summed E-state index contributed by atoms with van der Waals surface area (Å²) in [6, 6.07) is 10.3. The molecule has 2 fully saturated rings. The number of nitrogens with one attached hydrogen (secondary N) is 1. The summed E-state index contributed by atoms with van der Waals surface area (Å²) in [4.78, 5) is 37.1. The number of carbonyl (C=O) groups excluding carboxylic acids is 2. The third-order valence-corrected chi connectivity index (χ3v) is 5.89. The number of guanidine groups is 1. The minimum Gasteiger partial charge on any atom is -0.356 e. The average Bonchev–Trinajstić information content (AvgIpc) is 3.32. The topological polar surface area (TPSA) is 71.5 Å². The van der Waals surface area contributed by atoms with E-state index in [9.17, 15) is 9.59 Å². The van der Waals surface area contributed by atoms with Crippen LogP contribution in [0.25, 0.3) is 0 Å². The lowest BCUT2D eigenvalue weighted by Crippen LogP contribution is -2.54. The third-order valence-electron chi connectivity index (χ3n) is 5.89. The maximum absolute atomic E-state index is 12.4. The molecule has 0 radical (unpaired) electrons. The second-order valence-electron chi connectivity index (χ2n) is 8.44. The monoisotopic (exact) mass is 556 g/mol. The lowest BCUT2D eigenvalue weighted by molar-refractivity contribution is -0.131. The fourth-order valence-electron chi connectivity index (χ4n) is 3.89. The molecule has 1 N–H and O–H groups in total. The van der Waals surface area contributed by atoms with E-state index in [4.69, 9.17) is 0 Å². The van der Waals surface area contributed by atoms with E-state index >= 15 is 0 Å². The summed E-state index contributed by atoms with van der Waals surface area (Å²) in [6.07, 6.45) is 3.14. The van der Waals surface area contributed by atoms with Gasteiger partial charge in [-0.3, -0.25) is 14.5 Å². The Bertz CT molecular complexity index is 744. The third kappa shape index (κ3) is 8.23. The molecular weight excluding hydrogens is 519 g/mol. The van der Waals surface area contributed by atoms with Crippen LogP contribution >= 0.6 is 24.0 Å². The molecular formula is C23H37IN6O2. The molecule has 2 saturated heterocycles. The number of rotatable bonds is 7. The van der Waals surface area contributed by atoms with Crippen LogP contribution in [0.15, 0.2) is 35.3 Å². The SMILES string of the molecule is CN(C)C(=O)CN=C(NCCc1ccccc1)N1CCN(CC(=O)N2CCCC2)CC1.I. The molecule has 0 bridgehead atoms. The van der Waals surface area contributed by atoms with Gasteiger partial charge in [-0.25, -0.2) is 4.99 Å². The van der Waals surface area contributed by atoms with Crippen molar-refractivity contribution >= 4 is 41.8 Å². The molecule has 3 rings (SSSR count). The summed E-state index contributed by atoms with van der Waals surface area (Å²) < 4.78 is 0. The number of amides is 2. The number of aliphatic imine (C=N–C) groups is 1. The van der Waals surface area contributed by atoms with E-state index < -0.39 is 0 Å². The summed E-state index contributed by atoms with van der Waals surface area (Å²) in [5, 5.41) is 3.44. The molecule has 32 heavy (non-hydrogen) atoms. The minimum absolute atomic E-state index is 0. The van der Waals surface area contributed by atoms with Crippen LogP contribution in [0.4, 0.5) is 0 Å². The van der Waals surface area contributed by atoms with Gasteiger partial charge in [0.25, 0.3) is 0 Å². The van der Waals surface area contributed by atoms with E-state index in [1.807, 2.05) is 23.1 Å². The normalized spacial score (nSPS) is 17.1. The predicted molar refractivity (Wildman–Crippen MR) is 138 cm³/mol. The lowest BCUT2D eigenvalue weighted by atomic mass is 10.1. The highest BCUT2D eigenvalue weighted by Gasteiger charge is 2.24. The molecule has 0 saturated carbocycles. The first-order valence-corrected chi connectivity index (χ1v) is 11.3. The van der Waals surface area contributed by atoms with Crippen molar-refractivity contribution in [2.45, 2.75) is 19.3 Å². The maximum Gasteiger partial charge on any atom is 0.243 e. The van der Waals surface area contributed by atoms with Gasteiger partial charge in [-0.2, -0.15) is 0 Å². The van der Waals surface area contributed by atoms with Crippen LogP contribution in [0.5, 0.6) is 0 Å². The van der Waals surface area contributed by atoms with Crippen LogP contribution in [0, 0.1) is 0 Å². The van der Waals surface area contributed by atoms with Gasteiger partial charge in [0, 0.05) is 59.9 Å². The fraction of sp³-hybridized carbons (Fsp3) is 0.609. The molecule has 0 atom stereocenters. The number of nitrogens with zero attached hydrogens (tertiary/aromatic N) is 5. The molecule has 8 nitrogen and oxygen atoms in total. The van der Waals surface area contributed by atoms with Crippen molar-refractivity contribution in [1.82, 2.24) is 24.9 Å². The standard InChI is InChI=1S/C23H36N6O2.HI/c1-26(2)21(30)18-25-23(24-11-10-20-8-4-3-5-9-20)29-16-14-27(15-17-29)19-22(31)28-12-6-7-13-28;/h3-5,8-9H,6-7,10-19H2,1-2H3,(H,24,25);1H. The van der Waals surface area contributed by atoms with E-state index in [0.717, 1.165) is 71.0 Å². The zero-order chi connectivity index (χ0) is 22.1. The summed E-state index contributed by atoms with van der Waals surface area (Å²) in [5.74, 6) is 1.01. The maximum atomic E-state index is 12.4. The largest absolute Gasteiger partial charge is 0.356 e.